The van der Waals surface area contributed by atoms with Crippen molar-refractivity contribution in [3.8, 4) is 0 Å². The van der Waals surface area contributed by atoms with Gasteiger partial charge in [0.05, 0.1) is 6.61 Å². The molecule has 130 valence electrons. The van der Waals surface area contributed by atoms with Crippen LogP contribution in [-0.2, 0) is 19.4 Å². The Morgan fingerprint density at radius 3 is 2.70 bits per heavy atom. The predicted octanol–water partition coefficient (Wildman–Crippen LogP) is 3.95. The van der Waals surface area contributed by atoms with E-state index in [1.807, 2.05) is 13.0 Å². The summed E-state index contributed by atoms with van der Waals surface area (Å²) < 4.78 is 0. The first-order valence-electron chi connectivity index (χ1n) is 8.93. The number of rotatable bonds is 5. The van der Waals surface area contributed by atoms with E-state index in [1.54, 1.807) is 0 Å². The molecular formula is C19H30O4. The molecule has 23 heavy (non-hydrogen) atoms. The molecule has 0 saturated heterocycles. The molecule has 0 bridgehead atoms. The van der Waals surface area contributed by atoms with Gasteiger partial charge >= 0.3 is 5.97 Å². The van der Waals surface area contributed by atoms with Crippen molar-refractivity contribution in [2.24, 2.45) is 35.5 Å². The van der Waals surface area contributed by atoms with Gasteiger partial charge in [-0.05, 0) is 54.9 Å². The molecule has 0 radical (unpaired) electrons. The maximum Gasteiger partial charge on any atom is 0.353 e. The number of allylic oxidation sites excluding steroid dienone is 2. The highest BCUT2D eigenvalue weighted by atomic mass is 17.2. The van der Waals surface area contributed by atoms with Crippen LogP contribution < -0.4 is 0 Å². The molecule has 0 heterocycles. The summed E-state index contributed by atoms with van der Waals surface area (Å²) in [5, 5.41) is 0. The van der Waals surface area contributed by atoms with Crippen LogP contribution in [0.5, 0.6) is 0 Å². The Morgan fingerprint density at radius 1 is 1.30 bits per heavy atom. The molecule has 4 heteroatoms. The Hall–Kier alpha value is -1.16. The summed E-state index contributed by atoms with van der Waals surface area (Å²) in [6, 6.07) is 0. The van der Waals surface area contributed by atoms with Crippen LogP contribution in [0.15, 0.2) is 12.2 Å². The molecule has 1 unspecified atom stereocenters. The van der Waals surface area contributed by atoms with E-state index in [1.165, 1.54) is 18.9 Å². The minimum Gasteiger partial charge on any atom is -0.298 e. The van der Waals surface area contributed by atoms with Crippen molar-refractivity contribution in [3.05, 3.63) is 12.2 Å². The zero-order valence-corrected chi connectivity index (χ0v) is 14.8. The first-order chi connectivity index (χ1) is 10.9. The van der Waals surface area contributed by atoms with Gasteiger partial charge < -0.3 is 0 Å². The number of hydrogen-bond donors (Lipinski definition) is 0. The summed E-state index contributed by atoms with van der Waals surface area (Å²) in [5.74, 6) is 0.874. The van der Waals surface area contributed by atoms with Gasteiger partial charge in [0.15, 0.2) is 5.78 Å². The Morgan fingerprint density at radius 2 is 2.04 bits per heavy atom. The zero-order valence-electron chi connectivity index (χ0n) is 14.8. The molecule has 1 saturated carbocycles. The number of ketones is 1. The molecular weight excluding hydrogens is 292 g/mol. The molecule has 0 aromatic rings. The van der Waals surface area contributed by atoms with Crippen molar-refractivity contribution in [1.29, 1.82) is 0 Å². The molecule has 0 spiro atoms. The lowest BCUT2D eigenvalue weighted by Gasteiger charge is -2.36. The number of carbonyl (C=O) groups excluding carboxylic acids is 2. The Labute approximate surface area is 139 Å². The summed E-state index contributed by atoms with van der Waals surface area (Å²) in [4.78, 5) is 34.3. The van der Waals surface area contributed by atoms with Gasteiger partial charge in [-0.2, -0.15) is 4.89 Å². The van der Waals surface area contributed by atoms with Crippen LogP contribution in [-0.4, -0.2) is 18.4 Å². The summed E-state index contributed by atoms with van der Waals surface area (Å²) in [5.41, 5.74) is 0. The van der Waals surface area contributed by atoms with Gasteiger partial charge in [-0.15, -0.1) is 0 Å². The summed E-state index contributed by atoms with van der Waals surface area (Å²) >= 11 is 0. The van der Waals surface area contributed by atoms with E-state index in [4.69, 9.17) is 9.78 Å². The van der Waals surface area contributed by atoms with Gasteiger partial charge in [0.2, 0.25) is 0 Å². The average Bonchev–Trinajstić information content (AvgIpc) is 2.46. The van der Waals surface area contributed by atoms with Crippen molar-refractivity contribution in [2.45, 2.75) is 53.4 Å². The van der Waals surface area contributed by atoms with Crippen molar-refractivity contribution < 1.29 is 19.4 Å². The molecule has 0 amide bonds. The quantitative estimate of drug-likeness (QED) is 0.437. The topological polar surface area (TPSA) is 52.6 Å². The maximum atomic E-state index is 12.1. The molecule has 0 N–H and O–H groups in total. The van der Waals surface area contributed by atoms with E-state index in [0.29, 0.717) is 30.3 Å². The molecule has 5 atom stereocenters. The Kier molecular flexibility index (Phi) is 6.40. The standard InChI is InChI=1S/C19H30O4/c1-12(2)16-9-8-13(3)10-15(16)11-22-23-19(21)18-14(4)6-5-7-17(18)20/h5,7,12-16,18H,6,8-11H2,1-4H3/t13?,14-,15-,16-,18+/m0/s1. The largest absolute Gasteiger partial charge is 0.353 e. The lowest BCUT2D eigenvalue weighted by Crippen LogP contribution is -2.34. The van der Waals surface area contributed by atoms with E-state index in [0.717, 1.165) is 12.8 Å². The number of hydrogen-bond acceptors (Lipinski definition) is 4. The lowest BCUT2D eigenvalue weighted by atomic mass is 9.70. The van der Waals surface area contributed by atoms with Gasteiger partial charge in [-0.3, -0.25) is 9.68 Å². The molecule has 0 aromatic heterocycles. The first-order valence-corrected chi connectivity index (χ1v) is 8.93. The third-order valence-electron chi connectivity index (χ3n) is 5.50. The van der Waals surface area contributed by atoms with Crippen LogP contribution in [0.25, 0.3) is 0 Å². The Bertz CT molecular complexity index is 454. The average molecular weight is 322 g/mol. The number of carbonyl (C=O) groups is 2. The van der Waals surface area contributed by atoms with E-state index in [2.05, 4.69) is 20.8 Å². The van der Waals surface area contributed by atoms with Gasteiger partial charge in [0, 0.05) is 0 Å². The highest BCUT2D eigenvalue weighted by Crippen LogP contribution is 2.38. The molecule has 2 aliphatic rings. The third kappa shape index (κ3) is 4.66. The fourth-order valence-electron chi connectivity index (χ4n) is 4.09. The SMILES string of the molecule is CC1CC[C@@H](C(C)C)[C@H](COOC(=O)[C@H]2C(=O)C=CC[C@@H]2C)C1. The zero-order chi connectivity index (χ0) is 17.0. The molecule has 0 aromatic carbocycles. The maximum absolute atomic E-state index is 12.1. The third-order valence-corrected chi connectivity index (χ3v) is 5.50. The highest BCUT2D eigenvalue weighted by molar-refractivity contribution is 6.05. The van der Waals surface area contributed by atoms with Crippen molar-refractivity contribution in [3.63, 3.8) is 0 Å². The summed E-state index contributed by atoms with van der Waals surface area (Å²) in [7, 11) is 0. The molecule has 2 aliphatic carbocycles. The van der Waals surface area contributed by atoms with Crippen LogP contribution >= 0.6 is 0 Å². The summed E-state index contributed by atoms with van der Waals surface area (Å²) in [6.45, 7) is 9.09. The fraction of sp³-hybridized carbons (Fsp3) is 0.789. The molecule has 2 rings (SSSR count). The molecule has 1 fully saturated rings. The van der Waals surface area contributed by atoms with Gasteiger partial charge in [-0.1, -0.05) is 40.2 Å². The van der Waals surface area contributed by atoms with E-state index in [-0.39, 0.29) is 11.7 Å². The van der Waals surface area contributed by atoms with Crippen LogP contribution in [0, 0.1) is 35.5 Å². The lowest BCUT2D eigenvalue weighted by molar-refractivity contribution is -0.285. The van der Waals surface area contributed by atoms with Crippen LogP contribution in [0.1, 0.15) is 53.4 Å². The smallest absolute Gasteiger partial charge is 0.298 e. The highest BCUT2D eigenvalue weighted by Gasteiger charge is 2.35. The minimum atomic E-state index is -0.717. The summed E-state index contributed by atoms with van der Waals surface area (Å²) in [6.07, 6.45) is 7.60. The second-order valence-electron chi connectivity index (χ2n) is 7.77. The van der Waals surface area contributed by atoms with E-state index in [9.17, 15) is 9.59 Å². The van der Waals surface area contributed by atoms with Gasteiger partial charge in [-0.25, -0.2) is 4.79 Å². The van der Waals surface area contributed by atoms with Crippen LogP contribution in [0.2, 0.25) is 0 Å². The van der Waals surface area contributed by atoms with Crippen molar-refractivity contribution >= 4 is 11.8 Å². The monoisotopic (exact) mass is 322 g/mol. The van der Waals surface area contributed by atoms with Gasteiger partial charge in [0.1, 0.15) is 5.92 Å². The van der Waals surface area contributed by atoms with Crippen LogP contribution in [0.3, 0.4) is 0 Å². The van der Waals surface area contributed by atoms with Gasteiger partial charge in [0.25, 0.3) is 0 Å². The molecule has 4 nitrogen and oxygen atoms in total. The molecule has 0 aliphatic heterocycles. The van der Waals surface area contributed by atoms with Crippen molar-refractivity contribution in [2.75, 3.05) is 6.61 Å². The predicted molar refractivity (Wildman–Crippen MR) is 88.3 cm³/mol. The minimum absolute atomic E-state index is 0.0262. The van der Waals surface area contributed by atoms with E-state index >= 15 is 0 Å². The first kappa shape index (κ1) is 18.2. The second-order valence-corrected chi connectivity index (χ2v) is 7.77. The van der Waals surface area contributed by atoms with E-state index < -0.39 is 11.9 Å². The fourth-order valence-corrected chi connectivity index (χ4v) is 4.09. The van der Waals surface area contributed by atoms with Crippen LogP contribution in [0.4, 0.5) is 0 Å². The van der Waals surface area contributed by atoms with Crippen molar-refractivity contribution in [1.82, 2.24) is 0 Å². The Balaban J connectivity index is 1.84. The second kappa shape index (κ2) is 8.09. The normalized spacial score (nSPS) is 34.7.